The highest BCUT2D eigenvalue weighted by atomic mass is 19.3. The van der Waals surface area contributed by atoms with E-state index in [1.54, 1.807) is 0 Å². The van der Waals surface area contributed by atoms with Gasteiger partial charge in [0.25, 0.3) is 5.56 Å². The topological polar surface area (TPSA) is 84.3 Å². The zero-order chi connectivity index (χ0) is 23.0. The monoisotopic (exact) mass is 446 g/mol. The number of pyridine rings is 1. The summed E-state index contributed by atoms with van der Waals surface area (Å²) in [6, 6.07) is 9.45. The van der Waals surface area contributed by atoms with Gasteiger partial charge in [-0.3, -0.25) is 4.79 Å². The van der Waals surface area contributed by atoms with Gasteiger partial charge in [-0.1, -0.05) is 6.07 Å². The summed E-state index contributed by atoms with van der Waals surface area (Å²) in [5, 5.41) is 10.1. The molecule has 32 heavy (non-hydrogen) atoms. The Labute approximate surface area is 177 Å². The number of carboxylic acids is 1. The number of aromatic carboxylic acids is 1. The Kier molecular flexibility index (Phi) is 5.43. The molecule has 2 aromatic carbocycles. The Bertz CT molecular complexity index is 1390. The number of carboxylic acid groups (broad SMARTS) is 1. The van der Waals surface area contributed by atoms with Crippen LogP contribution in [-0.2, 0) is 6.54 Å². The summed E-state index contributed by atoms with van der Waals surface area (Å²) in [6.45, 7) is -3.44. The van der Waals surface area contributed by atoms with Crippen LogP contribution in [0, 0.1) is 11.6 Å². The van der Waals surface area contributed by atoms with Gasteiger partial charge in [0.05, 0.1) is 6.54 Å². The van der Waals surface area contributed by atoms with E-state index in [1.165, 1.54) is 47.2 Å². The minimum Gasteiger partial charge on any atom is -0.477 e. The van der Waals surface area contributed by atoms with E-state index in [9.17, 15) is 32.3 Å². The first-order valence-corrected chi connectivity index (χ1v) is 9.22. The Morgan fingerprint density at radius 2 is 1.91 bits per heavy atom. The molecular weight excluding hydrogens is 432 g/mol. The van der Waals surface area contributed by atoms with Gasteiger partial charge in [-0.25, -0.2) is 13.6 Å². The van der Waals surface area contributed by atoms with Crippen LogP contribution in [0.2, 0.25) is 0 Å². The molecule has 0 saturated carbocycles. The second kappa shape index (κ2) is 8.22. The van der Waals surface area contributed by atoms with Gasteiger partial charge in [-0.05, 0) is 36.4 Å². The number of hydrogen-bond acceptors (Lipinski definition) is 3. The van der Waals surface area contributed by atoms with Crippen LogP contribution in [0.5, 0.6) is 5.75 Å². The normalized spacial score (nSPS) is 11.3. The van der Waals surface area contributed by atoms with Crippen molar-refractivity contribution in [3.8, 4) is 16.9 Å². The van der Waals surface area contributed by atoms with Gasteiger partial charge >= 0.3 is 12.6 Å². The molecule has 10 heteroatoms. The lowest BCUT2D eigenvalue weighted by molar-refractivity contribution is -0.0497. The molecule has 2 N–H and O–H groups in total. The second-order valence-electron chi connectivity index (χ2n) is 6.82. The highest BCUT2D eigenvalue weighted by molar-refractivity contribution is 6.08. The number of alkyl halides is 2. The number of aromatic nitrogens is 2. The van der Waals surface area contributed by atoms with E-state index in [-0.39, 0.29) is 45.6 Å². The first kappa shape index (κ1) is 21.2. The van der Waals surface area contributed by atoms with Gasteiger partial charge in [-0.2, -0.15) is 8.78 Å². The first-order chi connectivity index (χ1) is 15.3. The van der Waals surface area contributed by atoms with Crippen LogP contribution in [0.4, 0.5) is 17.6 Å². The summed E-state index contributed by atoms with van der Waals surface area (Å²) < 4.78 is 58.7. The SMILES string of the molecule is O=C(O)c1c(-c2ccc[nH]c2=O)c2cc(OC(F)F)ccc2n1Cc1ccc(F)cc1F. The van der Waals surface area contributed by atoms with Crippen LogP contribution < -0.4 is 10.3 Å². The number of fused-ring (bicyclic) bond motifs is 1. The highest BCUT2D eigenvalue weighted by Crippen LogP contribution is 2.36. The van der Waals surface area contributed by atoms with Crippen molar-refractivity contribution >= 4 is 16.9 Å². The second-order valence-corrected chi connectivity index (χ2v) is 6.82. The van der Waals surface area contributed by atoms with E-state index in [2.05, 4.69) is 9.72 Å². The summed E-state index contributed by atoms with van der Waals surface area (Å²) in [6.07, 6.45) is 1.35. The minimum atomic E-state index is -3.12. The first-order valence-electron chi connectivity index (χ1n) is 9.22. The number of H-pyrrole nitrogens is 1. The standard InChI is InChI=1S/C22H14F4N2O4/c23-12-4-3-11(16(24)8-12)10-28-17-6-5-13(32-22(25)26)9-15(17)18(19(28)21(30)31)14-2-1-7-27-20(14)29/h1-9,22H,10H2,(H,27,29)(H,30,31). The predicted octanol–water partition coefficient (Wildman–Crippen LogP) is 4.62. The van der Waals surface area contributed by atoms with E-state index >= 15 is 0 Å². The quantitative estimate of drug-likeness (QED) is 0.424. The van der Waals surface area contributed by atoms with Crippen molar-refractivity contribution < 1.29 is 32.2 Å². The minimum absolute atomic E-state index is 0.00720. The average Bonchev–Trinajstić information content (AvgIpc) is 3.03. The smallest absolute Gasteiger partial charge is 0.387 e. The van der Waals surface area contributed by atoms with Crippen LogP contribution in [0.25, 0.3) is 22.0 Å². The molecule has 2 aromatic heterocycles. The van der Waals surface area contributed by atoms with Crippen LogP contribution in [0.3, 0.4) is 0 Å². The Morgan fingerprint density at radius 1 is 1.12 bits per heavy atom. The molecule has 2 heterocycles. The van der Waals surface area contributed by atoms with Crippen molar-refractivity contribution in [2.24, 2.45) is 0 Å². The lowest BCUT2D eigenvalue weighted by Crippen LogP contribution is -2.14. The molecule has 4 aromatic rings. The summed E-state index contributed by atoms with van der Waals surface area (Å²) in [7, 11) is 0. The molecule has 0 amide bonds. The fraction of sp³-hybridized carbons (Fsp3) is 0.0909. The van der Waals surface area contributed by atoms with Crippen LogP contribution >= 0.6 is 0 Å². The summed E-state index contributed by atoms with van der Waals surface area (Å²) in [5.74, 6) is -3.37. The van der Waals surface area contributed by atoms with Crippen molar-refractivity contribution in [3.05, 3.63) is 88.0 Å². The van der Waals surface area contributed by atoms with E-state index in [0.717, 1.165) is 6.07 Å². The molecule has 0 unspecified atom stereocenters. The number of nitrogens with zero attached hydrogens (tertiary/aromatic N) is 1. The fourth-order valence-electron chi connectivity index (χ4n) is 3.61. The molecule has 164 valence electrons. The van der Waals surface area contributed by atoms with E-state index < -0.39 is 29.8 Å². The maximum Gasteiger partial charge on any atom is 0.387 e. The van der Waals surface area contributed by atoms with E-state index in [0.29, 0.717) is 6.07 Å². The zero-order valence-corrected chi connectivity index (χ0v) is 16.1. The third kappa shape index (κ3) is 3.82. The van der Waals surface area contributed by atoms with E-state index in [4.69, 9.17) is 0 Å². The molecule has 0 aliphatic rings. The molecule has 0 aliphatic heterocycles. The van der Waals surface area contributed by atoms with Gasteiger partial charge in [0.1, 0.15) is 23.1 Å². The highest BCUT2D eigenvalue weighted by Gasteiger charge is 2.26. The third-order valence-electron chi connectivity index (χ3n) is 4.89. The van der Waals surface area contributed by atoms with Crippen molar-refractivity contribution in [2.45, 2.75) is 13.2 Å². The molecule has 0 radical (unpaired) electrons. The van der Waals surface area contributed by atoms with Crippen molar-refractivity contribution in [1.82, 2.24) is 9.55 Å². The van der Waals surface area contributed by atoms with Crippen molar-refractivity contribution in [2.75, 3.05) is 0 Å². The number of benzene rings is 2. The van der Waals surface area contributed by atoms with Gasteiger partial charge in [0, 0.05) is 39.9 Å². The molecular formula is C22H14F4N2O4. The fourth-order valence-corrected chi connectivity index (χ4v) is 3.61. The number of carbonyl (C=O) groups is 1. The van der Waals surface area contributed by atoms with Crippen LogP contribution in [0.1, 0.15) is 16.1 Å². The number of halogens is 4. The number of rotatable bonds is 6. The third-order valence-corrected chi connectivity index (χ3v) is 4.89. The maximum absolute atomic E-state index is 14.3. The van der Waals surface area contributed by atoms with Crippen LogP contribution in [0.15, 0.2) is 59.5 Å². The van der Waals surface area contributed by atoms with Gasteiger partial charge in [-0.15, -0.1) is 0 Å². The number of hydrogen-bond donors (Lipinski definition) is 2. The predicted molar refractivity (Wildman–Crippen MR) is 107 cm³/mol. The number of ether oxygens (including phenoxy) is 1. The van der Waals surface area contributed by atoms with Gasteiger partial charge < -0.3 is 19.4 Å². The molecule has 0 atom stereocenters. The Balaban J connectivity index is 2.04. The van der Waals surface area contributed by atoms with Gasteiger partial charge in [0.15, 0.2) is 0 Å². The maximum atomic E-state index is 14.3. The lowest BCUT2D eigenvalue weighted by Gasteiger charge is -2.10. The van der Waals surface area contributed by atoms with E-state index in [1.807, 2.05) is 0 Å². The molecule has 0 spiro atoms. The average molecular weight is 446 g/mol. The summed E-state index contributed by atoms with van der Waals surface area (Å²) in [4.78, 5) is 27.1. The largest absolute Gasteiger partial charge is 0.477 e. The zero-order valence-electron chi connectivity index (χ0n) is 16.1. The molecule has 4 rings (SSSR count). The molecule has 6 nitrogen and oxygen atoms in total. The molecule has 0 bridgehead atoms. The van der Waals surface area contributed by atoms with Crippen molar-refractivity contribution in [3.63, 3.8) is 0 Å². The Hall–Kier alpha value is -4.08. The number of aromatic amines is 1. The van der Waals surface area contributed by atoms with Crippen LogP contribution in [-0.4, -0.2) is 27.2 Å². The molecule has 0 aliphatic carbocycles. The van der Waals surface area contributed by atoms with Gasteiger partial charge in [0.2, 0.25) is 0 Å². The molecule has 0 saturated heterocycles. The summed E-state index contributed by atoms with van der Waals surface area (Å²) in [5.41, 5.74) is -0.825. The summed E-state index contributed by atoms with van der Waals surface area (Å²) >= 11 is 0. The lowest BCUT2D eigenvalue weighted by atomic mass is 10.0. The Morgan fingerprint density at radius 3 is 2.56 bits per heavy atom. The number of nitrogens with one attached hydrogen (secondary N) is 1. The van der Waals surface area contributed by atoms with Crippen molar-refractivity contribution in [1.29, 1.82) is 0 Å². The molecule has 0 fully saturated rings.